The van der Waals surface area contributed by atoms with Gasteiger partial charge in [0, 0.05) is 35.8 Å². The van der Waals surface area contributed by atoms with Gasteiger partial charge in [-0.25, -0.2) is 22.5 Å². The Bertz CT molecular complexity index is 1210. The van der Waals surface area contributed by atoms with E-state index in [1.54, 1.807) is 24.6 Å². The second kappa shape index (κ2) is 7.79. The number of hydrogen-bond donors (Lipinski definition) is 2. The number of nitrogens with zero attached hydrogens (tertiary/aromatic N) is 3. The third-order valence-electron chi connectivity index (χ3n) is 5.23. The number of aromatic nitrogens is 2. The van der Waals surface area contributed by atoms with Crippen LogP contribution >= 0.6 is 0 Å². The van der Waals surface area contributed by atoms with Crippen molar-refractivity contribution in [1.29, 1.82) is 0 Å². The summed E-state index contributed by atoms with van der Waals surface area (Å²) in [6.45, 7) is 3.31. The molecule has 0 unspecified atom stereocenters. The van der Waals surface area contributed by atoms with Crippen LogP contribution in [0.4, 0.5) is 29.1 Å². The molecule has 0 spiro atoms. The highest BCUT2D eigenvalue weighted by Crippen LogP contribution is 2.40. The molecule has 4 rings (SSSR count). The summed E-state index contributed by atoms with van der Waals surface area (Å²) < 4.78 is 56.1. The maximum Gasteiger partial charge on any atom is 0.241 e. The van der Waals surface area contributed by atoms with Crippen molar-refractivity contribution in [2.45, 2.75) is 19.4 Å². The van der Waals surface area contributed by atoms with Gasteiger partial charge < -0.3 is 16.0 Å². The second-order valence-electron chi connectivity index (χ2n) is 7.71. The van der Waals surface area contributed by atoms with E-state index in [-0.39, 0.29) is 18.1 Å². The van der Waals surface area contributed by atoms with Gasteiger partial charge in [-0.3, -0.25) is 9.36 Å². The van der Waals surface area contributed by atoms with Gasteiger partial charge in [0.1, 0.15) is 28.7 Å². The molecule has 0 fully saturated rings. The zero-order chi connectivity index (χ0) is 23.2. The van der Waals surface area contributed by atoms with Crippen LogP contribution in [0, 0.1) is 23.3 Å². The minimum atomic E-state index is -1.58. The van der Waals surface area contributed by atoms with Gasteiger partial charge in [0.2, 0.25) is 5.91 Å². The normalized spacial score (nSPS) is 14.4. The second-order valence-corrected chi connectivity index (χ2v) is 7.71. The molecule has 2 aromatic carbocycles. The molecule has 1 aromatic heterocycles. The van der Waals surface area contributed by atoms with Crippen molar-refractivity contribution in [3.63, 3.8) is 0 Å². The van der Waals surface area contributed by atoms with Crippen LogP contribution in [0.15, 0.2) is 42.6 Å². The van der Waals surface area contributed by atoms with Crippen molar-refractivity contribution in [2.75, 3.05) is 11.9 Å². The van der Waals surface area contributed by atoms with E-state index >= 15 is 0 Å². The summed E-state index contributed by atoms with van der Waals surface area (Å²) in [5, 5.41) is 2.88. The summed E-state index contributed by atoms with van der Waals surface area (Å²) in [5.74, 6) is -4.36. The molecule has 1 aliphatic heterocycles. The highest BCUT2D eigenvalue weighted by molar-refractivity contribution is 5.83. The number of anilines is 2. The Kier molecular flexibility index (Phi) is 5.25. The Morgan fingerprint density at radius 3 is 2.28 bits per heavy atom. The van der Waals surface area contributed by atoms with Crippen LogP contribution in [0.25, 0.3) is 17.5 Å². The van der Waals surface area contributed by atoms with Crippen LogP contribution in [0.2, 0.25) is 0 Å². The summed E-state index contributed by atoms with van der Waals surface area (Å²) in [6, 6.07) is 7.13. The first-order valence-corrected chi connectivity index (χ1v) is 9.64. The Morgan fingerprint density at radius 1 is 1.06 bits per heavy atom. The van der Waals surface area contributed by atoms with Gasteiger partial charge in [-0.1, -0.05) is 0 Å². The molecule has 1 amide bonds. The van der Waals surface area contributed by atoms with E-state index in [2.05, 4.69) is 10.3 Å². The Balaban J connectivity index is 1.90. The minimum absolute atomic E-state index is 0.0564. The molecular weight excluding hydrogens is 426 g/mol. The quantitative estimate of drug-likeness (QED) is 0.464. The van der Waals surface area contributed by atoms with Gasteiger partial charge in [0.15, 0.2) is 17.5 Å². The molecule has 166 valence electrons. The first kappa shape index (κ1) is 21.6. The lowest BCUT2D eigenvalue weighted by molar-refractivity contribution is -0.132. The average Bonchev–Trinajstić information content (AvgIpc) is 3.11. The Labute approximate surface area is 181 Å². The fourth-order valence-electron chi connectivity index (χ4n) is 3.62. The molecule has 1 aliphatic rings. The van der Waals surface area contributed by atoms with Crippen LogP contribution in [-0.2, 0) is 10.3 Å². The van der Waals surface area contributed by atoms with E-state index in [0.29, 0.717) is 22.9 Å². The molecule has 0 bridgehead atoms. The SMILES string of the molecule is CC1(C)c2nc(-c3ccc(F)cc3)c(Nc3cc(F)c(F)c(F)c3)n2C=CN1C(=O)CN. The molecule has 32 heavy (non-hydrogen) atoms. The van der Waals surface area contributed by atoms with Crippen LogP contribution in [0.1, 0.15) is 19.7 Å². The van der Waals surface area contributed by atoms with Gasteiger partial charge in [-0.05, 0) is 38.1 Å². The van der Waals surface area contributed by atoms with Crippen molar-refractivity contribution in [2.24, 2.45) is 5.73 Å². The zero-order valence-corrected chi connectivity index (χ0v) is 17.2. The van der Waals surface area contributed by atoms with Gasteiger partial charge in [0.25, 0.3) is 0 Å². The number of hydrogen-bond acceptors (Lipinski definition) is 4. The van der Waals surface area contributed by atoms with Crippen LogP contribution in [0.5, 0.6) is 0 Å². The van der Waals surface area contributed by atoms with E-state index in [0.717, 1.165) is 12.1 Å². The standard InChI is InChI=1S/C22H19F4N5O/c1-22(2)21-29-19(12-3-5-13(23)6-4-12)20(30(21)7-8-31(22)17(32)11-27)28-14-9-15(24)18(26)16(25)10-14/h3-10,28H,11,27H2,1-2H3. The topological polar surface area (TPSA) is 76.2 Å². The van der Waals surface area contributed by atoms with E-state index in [1.807, 2.05) is 0 Å². The lowest BCUT2D eigenvalue weighted by Crippen LogP contribution is -2.47. The fraction of sp³-hybridized carbons (Fsp3) is 0.182. The molecule has 0 atom stereocenters. The molecule has 3 N–H and O–H groups in total. The zero-order valence-electron chi connectivity index (χ0n) is 17.2. The van der Waals surface area contributed by atoms with Crippen LogP contribution in [-0.4, -0.2) is 26.9 Å². The smallest absolute Gasteiger partial charge is 0.241 e. The largest absolute Gasteiger partial charge is 0.339 e. The third-order valence-corrected chi connectivity index (χ3v) is 5.23. The van der Waals surface area contributed by atoms with Gasteiger partial charge in [-0.2, -0.15) is 0 Å². The number of rotatable bonds is 4. The summed E-state index contributed by atoms with van der Waals surface area (Å²) >= 11 is 0. The predicted octanol–water partition coefficient (Wildman–Crippen LogP) is 4.31. The van der Waals surface area contributed by atoms with Crippen molar-refractivity contribution >= 4 is 23.6 Å². The average molecular weight is 445 g/mol. The number of carbonyl (C=O) groups excluding carboxylic acids is 1. The highest BCUT2D eigenvalue weighted by atomic mass is 19.2. The van der Waals surface area contributed by atoms with Gasteiger partial charge >= 0.3 is 0 Å². The highest BCUT2D eigenvalue weighted by Gasteiger charge is 2.39. The Hall–Kier alpha value is -3.66. The van der Waals surface area contributed by atoms with Crippen molar-refractivity contribution in [3.05, 3.63) is 71.7 Å². The molecule has 0 aliphatic carbocycles. The van der Waals surface area contributed by atoms with Crippen LogP contribution < -0.4 is 11.1 Å². The summed E-state index contributed by atoms with van der Waals surface area (Å²) in [7, 11) is 0. The lowest BCUT2D eigenvalue weighted by Gasteiger charge is -2.38. The molecule has 0 saturated carbocycles. The van der Waals surface area contributed by atoms with Gasteiger partial charge in [0.05, 0.1) is 6.54 Å². The number of fused-ring (bicyclic) bond motifs is 1. The third kappa shape index (κ3) is 3.52. The number of benzene rings is 2. The molecule has 3 aromatic rings. The van der Waals surface area contributed by atoms with Crippen molar-refractivity contribution < 1.29 is 22.4 Å². The number of carbonyl (C=O) groups is 1. The number of imidazole rings is 1. The monoisotopic (exact) mass is 445 g/mol. The number of nitrogens with one attached hydrogen (secondary N) is 1. The van der Waals surface area contributed by atoms with E-state index in [9.17, 15) is 22.4 Å². The molecule has 2 heterocycles. The first-order valence-electron chi connectivity index (χ1n) is 9.64. The predicted molar refractivity (Wildman–Crippen MR) is 111 cm³/mol. The minimum Gasteiger partial charge on any atom is -0.339 e. The van der Waals surface area contributed by atoms with Crippen molar-refractivity contribution in [1.82, 2.24) is 14.5 Å². The first-order chi connectivity index (χ1) is 15.1. The van der Waals surface area contributed by atoms with E-state index in [1.165, 1.54) is 35.4 Å². The molecule has 0 radical (unpaired) electrons. The maximum absolute atomic E-state index is 13.8. The molecule has 6 nitrogen and oxygen atoms in total. The fourth-order valence-corrected chi connectivity index (χ4v) is 3.62. The number of nitrogens with two attached hydrogens (primary N) is 1. The van der Waals surface area contributed by atoms with Crippen LogP contribution in [0.3, 0.4) is 0 Å². The van der Waals surface area contributed by atoms with E-state index in [4.69, 9.17) is 5.73 Å². The number of halogens is 4. The maximum atomic E-state index is 13.8. The molecular formula is C22H19F4N5O. The Morgan fingerprint density at radius 2 is 1.69 bits per heavy atom. The number of amides is 1. The van der Waals surface area contributed by atoms with Crippen molar-refractivity contribution in [3.8, 4) is 11.3 Å². The lowest BCUT2D eigenvalue weighted by atomic mass is 10.0. The summed E-state index contributed by atoms with van der Waals surface area (Å²) in [5.41, 5.74) is 5.39. The molecule has 0 saturated heterocycles. The summed E-state index contributed by atoms with van der Waals surface area (Å²) in [4.78, 5) is 18.4. The van der Waals surface area contributed by atoms with E-state index < -0.39 is 28.8 Å². The summed E-state index contributed by atoms with van der Waals surface area (Å²) in [6.07, 6.45) is 3.07. The van der Waals surface area contributed by atoms with Gasteiger partial charge in [-0.15, -0.1) is 0 Å². The molecule has 10 heteroatoms.